The van der Waals surface area contributed by atoms with Crippen molar-refractivity contribution in [2.45, 2.75) is 25.0 Å². The van der Waals surface area contributed by atoms with Gasteiger partial charge in [-0.15, -0.1) is 0 Å². The number of carbonyl (C=O) groups is 1. The first-order valence-corrected chi connectivity index (χ1v) is 5.64. The Bertz CT molecular complexity index is 413. The van der Waals surface area contributed by atoms with E-state index in [1.165, 1.54) is 0 Å². The minimum absolute atomic E-state index is 0.0434. The summed E-state index contributed by atoms with van der Waals surface area (Å²) in [5, 5.41) is 6.18. The van der Waals surface area contributed by atoms with Gasteiger partial charge < -0.3 is 15.4 Å². The lowest BCUT2D eigenvalue weighted by atomic mass is 10.1. The van der Waals surface area contributed by atoms with E-state index in [0.29, 0.717) is 0 Å². The number of benzene rings is 1. The van der Waals surface area contributed by atoms with E-state index < -0.39 is 6.10 Å². The van der Waals surface area contributed by atoms with E-state index >= 15 is 0 Å². The summed E-state index contributed by atoms with van der Waals surface area (Å²) in [6.45, 7) is 0.972. The SMILES string of the molecule is O=C1Nc2ccccc2OC1C1CCCN1. The van der Waals surface area contributed by atoms with Crippen molar-refractivity contribution in [3.05, 3.63) is 24.3 Å². The lowest BCUT2D eigenvalue weighted by Gasteiger charge is -2.29. The largest absolute Gasteiger partial charge is 0.477 e. The molecule has 2 N–H and O–H groups in total. The average molecular weight is 218 g/mol. The highest BCUT2D eigenvalue weighted by Gasteiger charge is 2.35. The van der Waals surface area contributed by atoms with Gasteiger partial charge in [0.1, 0.15) is 5.75 Å². The van der Waals surface area contributed by atoms with Crippen molar-refractivity contribution >= 4 is 11.6 Å². The van der Waals surface area contributed by atoms with Gasteiger partial charge in [0.15, 0.2) is 6.10 Å². The van der Waals surface area contributed by atoms with E-state index in [1.807, 2.05) is 24.3 Å². The zero-order valence-corrected chi connectivity index (χ0v) is 8.90. The first kappa shape index (κ1) is 9.66. The Labute approximate surface area is 94.0 Å². The van der Waals surface area contributed by atoms with Gasteiger partial charge in [0.2, 0.25) is 0 Å². The van der Waals surface area contributed by atoms with Crippen molar-refractivity contribution in [2.75, 3.05) is 11.9 Å². The maximum atomic E-state index is 11.9. The van der Waals surface area contributed by atoms with Gasteiger partial charge in [0, 0.05) is 0 Å². The van der Waals surface area contributed by atoms with E-state index in [0.717, 1.165) is 30.8 Å². The molecule has 3 rings (SSSR count). The molecule has 16 heavy (non-hydrogen) atoms. The minimum Gasteiger partial charge on any atom is -0.477 e. The molecule has 2 heterocycles. The summed E-state index contributed by atoms with van der Waals surface area (Å²) in [5.74, 6) is 0.721. The Morgan fingerprint density at radius 1 is 1.31 bits per heavy atom. The summed E-state index contributed by atoms with van der Waals surface area (Å²) in [5.41, 5.74) is 0.766. The third-order valence-electron chi connectivity index (χ3n) is 3.12. The monoisotopic (exact) mass is 218 g/mol. The predicted molar refractivity (Wildman–Crippen MR) is 60.5 cm³/mol. The van der Waals surface area contributed by atoms with Crippen LogP contribution < -0.4 is 15.4 Å². The van der Waals surface area contributed by atoms with Crippen LogP contribution in [0.25, 0.3) is 0 Å². The number of para-hydroxylation sites is 2. The predicted octanol–water partition coefficient (Wildman–Crippen LogP) is 1.14. The maximum Gasteiger partial charge on any atom is 0.267 e. The lowest BCUT2D eigenvalue weighted by Crippen LogP contribution is -2.49. The number of amides is 1. The average Bonchev–Trinajstić information content (AvgIpc) is 2.81. The van der Waals surface area contributed by atoms with E-state index in [-0.39, 0.29) is 11.9 Å². The molecule has 2 aliphatic rings. The molecule has 1 aromatic carbocycles. The third-order valence-corrected chi connectivity index (χ3v) is 3.12. The van der Waals surface area contributed by atoms with Crippen LogP contribution in [0.15, 0.2) is 24.3 Å². The molecular weight excluding hydrogens is 204 g/mol. The Morgan fingerprint density at radius 3 is 3.00 bits per heavy atom. The van der Waals surface area contributed by atoms with Crippen LogP contribution in [0.1, 0.15) is 12.8 Å². The summed E-state index contributed by atoms with van der Waals surface area (Å²) < 4.78 is 5.75. The van der Waals surface area contributed by atoms with Crippen LogP contribution in [-0.4, -0.2) is 24.6 Å². The van der Waals surface area contributed by atoms with Crippen LogP contribution in [0, 0.1) is 0 Å². The molecule has 2 aliphatic heterocycles. The number of hydrogen-bond donors (Lipinski definition) is 2. The molecule has 2 unspecified atom stereocenters. The second-order valence-corrected chi connectivity index (χ2v) is 4.23. The molecule has 0 radical (unpaired) electrons. The number of ether oxygens (including phenoxy) is 1. The molecule has 2 atom stereocenters. The molecule has 84 valence electrons. The maximum absolute atomic E-state index is 11.9. The minimum atomic E-state index is -0.391. The molecule has 4 heteroatoms. The van der Waals surface area contributed by atoms with E-state index in [4.69, 9.17) is 4.74 Å². The highest BCUT2D eigenvalue weighted by Crippen LogP contribution is 2.30. The van der Waals surface area contributed by atoms with Gasteiger partial charge in [-0.1, -0.05) is 12.1 Å². The van der Waals surface area contributed by atoms with Crippen molar-refractivity contribution in [1.29, 1.82) is 0 Å². The van der Waals surface area contributed by atoms with Crippen molar-refractivity contribution in [3.8, 4) is 5.75 Å². The second kappa shape index (κ2) is 3.79. The molecular formula is C12H14N2O2. The van der Waals surface area contributed by atoms with Crippen LogP contribution in [0.2, 0.25) is 0 Å². The Hall–Kier alpha value is -1.55. The molecule has 1 aromatic rings. The van der Waals surface area contributed by atoms with Crippen molar-refractivity contribution in [3.63, 3.8) is 0 Å². The Morgan fingerprint density at radius 2 is 2.19 bits per heavy atom. The van der Waals surface area contributed by atoms with Gasteiger partial charge in [0.25, 0.3) is 5.91 Å². The number of nitrogens with one attached hydrogen (secondary N) is 2. The standard InChI is InChI=1S/C12H14N2O2/c15-12-11(9-5-3-7-13-9)16-10-6-2-1-4-8(10)14-12/h1-2,4,6,9,11,13H,3,5,7H2,(H,14,15). The first-order valence-electron chi connectivity index (χ1n) is 5.64. The molecule has 4 nitrogen and oxygen atoms in total. The molecule has 0 bridgehead atoms. The molecule has 1 amide bonds. The second-order valence-electron chi connectivity index (χ2n) is 4.23. The van der Waals surface area contributed by atoms with Crippen molar-refractivity contribution in [1.82, 2.24) is 5.32 Å². The van der Waals surface area contributed by atoms with E-state index in [9.17, 15) is 4.79 Å². The summed E-state index contributed by atoms with van der Waals surface area (Å²) in [6.07, 6.45) is 1.72. The summed E-state index contributed by atoms with van der Waals surface area (Å²) in [4.78, 5) is 11.9. The summed E-state index contributed by atoms with van der Waals surface area (Å²) in [6, 6.07) is 7.68. The van der Waals surface area contributed by atoms with Gasteiger partial charge in [0.05, 0.1) is 11.7 Å². The number of hydrogen-bond acceptors (Lipinski definition) is 3. The quantitative estimate of drug-likeness (QED) is 0.743. The van der Waals surface area contributed by atoms with Gasteiger partial charge in [-0.3, -0.25) is 4.79 Å². The highest BCUT2D eigenvalue weighted by atomic mass is 16.5. The fraction of sp³-hybridized carbons (Fsp3) is 0.417. The van der Waals surface area contributed by atoms with Crippen LogP contribution >= 0.6 is 0 Å². The van der Waals surface area contributed by atoms with E-state index in [1.54, 1.807) is 0 Å². The first-order chi connectivity index (χ1) is 7.84. The number of anilines is 1. The molecule has 0 aliphatic carbocycles. The smallest absolute Gasteiger partial charge is 0.267 e. The Kier molecular flexibility index (Phi) is 2.29. The molecule has 1 saturated heterocycles. The van der Waals surface area contributed by atoms with Gasteiger partial charge in [-0.25, -0.2) is 0 Å². The van der Waals surface area contributed by atoms with Crippen molar-refractivity contribution < 1.29 is 9.53 Å². The van der Waals surface area contributed by atoms with E-state index in [2.05, 4.69) is 10.6 Å². The number of rotatable bonds is 1. The molecule has 0 saturated carbocycles. The van der Waals surface area contributed by atoms with Gasteiger partial charge in [-0.2, -0.15) is 0 Å². The number of fused-ring (bicyclic) bond motifs is 1. The van der Waals surface area contributed by atoms with Crippen molar-refractivity contribution in [2.24, 2.45) is 0 Å². The fourth-order valence-corrected chi connectivity index (χ4v) is 2.30. The number of carbonyl (C=O) groups excluding carboxylic acids is 1. The van der Waals surface area contributed by atoms with Gasteiger partial charge in [-0.05, 0) is 31.5 Å². The van der Waals surface area contributed by atoms with Gasteiger partial charge >= 0.3 is 0 Å². The Balaban J connectivity index is 1.86. The summed E-state index contributed by atoms with van der Waals surface area (Å²) in [7, 11) is 0. The molecule has 0 spiro atoms. The molecule has 1 fully saturated rings. The lowest BCUT2D eigenvalue weighted by molar-refractivity contribution is -0.124. The fourth-order valence-electron chi connectivity index (χ4n) is 2.30. The van der Waals surface area contributed by atoms with Crippen LogP contribution in [0.3, 0.4) is 0 Å². The zero-order chi connectivity index (χ0) is 11.0. The third kappa shape index (κ3) is 1.55. The normalized spacial score (nSPS) is 28.1. The highest BCUT2D eigenvalue weighted by molar-refractivity contribution is 5.98. The van der Waals surface area contributed by atoms with Crippen LogP contribution in [-0.2, 0) is 4.79 Å². The van der Waals surface area contributed by atoms with Crippen LogP contribution in [0.5, 0.6) is 5.75 Å². The summed E-state index contributed by atoms with van der Waals surface area (Å²) >= 11 is 0. The zero-order valence-electron chi connectivity index (χ0n) is 8.90. The van der Waals surface area contributed by atoms with Crippen LogP contribution in [0.4, 0.5) is 5.69 Å². The molecule has 0 aromatic heterocycles. The topological polar surface area (TPSA) is 50.4 Å².